The quantitative estimate of drug-likeness (QED) is 0.784. The minimum atomic E-state index is -4.38. The summed E-state index contributed by atoms with van der Waals surface area (Å²) in [4.78, 5) is 21.0. The maximum absolute atomic E-state index is 13.7. The highest BCUT2D eigenvalue weighted by Crippen LogP contribution is 2.42. The van der Waals surface area contributed by atoms with Crippen LogP contribution in [0.3, 0.4) is 0 Å². The summed E-state index contributed by atoms with van der Waals surface area (Å²) in [6.45, 7) is 2.41. The number of aromatic nitrogens is 3. The van der Waals surface area contributed by atoms with Gasteiger partial charge < -0.3 is 15.1 Å². The zero-order valence-corrected chi connectivity index (χ0v) is 17.9. The van der Waals surface area contributed by atoms with Gasteiger partial charge in [-0.05, 0) is 37.8 Å². The molecule has 1 amide bonds. The SMILES string of the molecule is CC[C@@H]1C[C@H](C(F)(F)F)n2nc(C3CCCN3C(=O)c3ccnc(N(C)C)c3)cc2N1. The molecular weight excluding hydrogens is 409 g/mol. The van der Waals surface area contributed by atoms with E-state index < -0.39 is 12.2 Å². The van der Waals surface area contributed by atoms with Crippen molar-refractivity contribution in [1.29, 1.82) is 0 Å². The number of halogens is 3. The topological polar surface area (TPSA) is 66.3 Å². The molecular formula is C21H27F3N6O. The molecule has 0 spiro atoms. The van der Waals surface area contributed by atoms with Gasteiger partial charge in [0.2, 0.25) is 0 Å². The van der Waals surface area contributed by atoms with E-state index in [4.69, 9.17) is 0 Å². The van der Waals surface area contributed by atoms with E-state index in [1.165, 1.54) is 0 Å². The van der Waals surface area contributed by atoms with Crippen molar-refractivity contribution in [2.45, 2.75) is 56.9 Å². The van der Waals surface area contributed by atoms with Crippen molar-refractivity contribution in [3.8, 4) is 0 Å². The lowest BCUT2D eigenvalue weighted by Gasteiger charge is -2.32. The molecule has 0 radical (unpaired) electrons. The van der Waals surface area contributed by atoms with Crippen molar-refractivity contribution in [3.05, 3.63) is 35.7 Å². The second kappa shape index (κ2) is 8.05. The van der Waals surface area contributed by atoms with Crippen molar-refractivity contribution >= 4 is 17.5 Å². The standard InChI is InChI=1S/C21H27F3N6O/c1-4-14-11-17(21(22,23)24)30-19(26-14)12-15(27-30)16-6-5-9-29(16)20(31)13-7-8-25-18(10-13)28(2)3/h7-8,10,12,14,16-17,26H,4-6,9,11H2,1-3H3/t14-,16?,17-/m1/s1. The first-order valence-corrected chi connectivity index (χ1v) is 10.6. The number of amides is 1. The van der Waals surface area contributed by atoms with Crippen LogP contribution in [0.4, 0.5) is 24.8 Å². The molecule has 1 unspecified atom stereocenters. The summed E-state index contributed by atoms with van der Waals surface area (Å²) in [7, 11) is 3.69. The zero-order valence-electron chi connectivity index (χ0n) is 17.9. The average Bonchev–Trinajstić information content (AvgIpc) is 3.38. The number of alkyl halides is 3. The molecule has 1 N–H and O–H groups in total. The molecule has 1 saturated heterocycles. The van der Waals surface area contributed by atoms with Crippen LogP contribution in [0.1, 0.15) is 60.7 Å². The van der Waals surface area contributed by atoms with Crippen molar-refractivity contribution in [2.75, 3.05) is 30.9 Å². The van der Waals surface area contributed by atoms with E-state index in [0.717, 1.165) is 11.1 Å². The number of likely N-dealkylation sites (tertiary alicyclic amines) is 1. The van der Waals surface area contributed by atoms with Crippen molar-refractivity contribution in [3.63, 3.8) is 0 Å². The molecule has 168 valence electrons. The van der Waals surface area contributed by atoms with Crippen molar-refractivity contribution in [2.24, 2.45) is 0 Å². The van der Waals surface area contributed by atoms with Crippen LogP contribution in [0.2, 0.25) is 0 Å². The normalized spacial score (nSPS) is 23.4. The Balaban J connectivity index is 1.63. The van der Waals surface area contributed by atoms with Gasteiger partial charge >= 0.3 is 6.18 Å². The van der Waals surface area contributed by atoms with Crippen LogP contribution in [0.25, 0.3) is 0 Å². The molecule has 31 heavy (non-hydrogen) atoms. The Kier molecular flexibility index (Phi) is 5.57. The van der Waals surface area contributed by atoms with Crippen molar-refractivity contribution < 1.29 is 18.0 Å². The van der Waals surface area contributed by atoms with E-state index in [1.54, 1.807) is 29.3 Å². The maximum atomic E-state index is 13.7. The van der Waals surface area contributed by atoms with Gasteiger partial charge in [0, 0.05) is 44.5 Å². The molecule has 4 rings (SSSR count). The summed E-state index contributed by atoms with van der Waals surface area (Å²) in [6, 6.07) is 2.80. The van der Waals surface area contributed by atoms with Gasteiger partial charge in [-0.2, -0.15) is 18.3 Å². The van der Waals surface area contributed by atoms with Crippen LogP contribution >= 0.6 is 0 Å². The van der Waals surface area contributed by atoms with Gasteiger partial charge in [0.05, 0.1) is 11.7 Å². The summed E-state index contributed by atoms with van der Waals surface area (Å²) >= 11 is 0. The minimum absolute atomic E-state index is 0.0498. The van der Waals surface area contributed by atoms with E-state index in [2.05, 4.69) is 15.4 Å². The number of fused-ring (bicyclic) bond motifs is 1. The van der Waals surface area contributed by atoms with Crippen LogP contribution in [-0.2, 0) is 0 Å². The smallest absolute Gasteiger partial charge is 0.367 e. The monoisotopic (exact) mass is 436 g/mol. The predicted octanol–water partition coefficient (Wildman–Crippen LogP) is 4.02. The Morgan fingerprint density at radius 1 is 1.32 bits per heavy atom. The van der Waals surface area contributed by atoms with Crippen molar-refractivity contribution in [1.82, 2.24) is 19.7 Å². The lowest BCUT2D eigenvalue weighted by Crippen LogP contribution is -2.39. The van der Waals surface area contributed by atoms with Gasteiger partial charge in [-0.3, -0.25) is 4.79 Å². The summed E-state index contributed by atoms with van der Waals surface area (Å²) in [5.74, 6) is 0.876. The van der Waals surface area contributed by atoms with Crippen LogP contribution in [-0.4, -0.2) is 58.4 Å². The number of hydrogen-bond donors (Lipinski definition) is 1. The summed E-state index contributed by atoms with van der Waals surface area (Å²) in [5.41, 5.74) is 1.01. The van der Waals surface area contributed by atoms with Gasteiger partial charge in [-0.1, -0.05) is 6.92 Å². The average molecular weight is 436 g/mol. The number of nitrogens with one attached hydrogen (secondary N) is 1. The first kappa shape index (κ1) is 21.5. The second-order valence-electron chi connectivity index (χ2n) is 8.40. The van der Waals surface area contributed by atoms with Crippen LogP contribution in [0, 0.1) is 0 Å². The van der Waals surface area contributed by atoms with Crippen LogP contribution < -0.4 is 10.2 Å². The largest absolute Gasteiger partial charge is 0.410 e. The number of pyridine rings is 1. The lowest BCUT2D eigenvalue weighted by atomic mass is 10.0. The minimum Gasteiger partial charge on any atom is -0.367 e. The molecule has 0 aromatic carbocycles. The Bertz CT molecular complexity index is 957. The number of hydrogen-bond acceptors (Lipinski definition) is 5. The molecule has 0 saturated carbocycles. The van der Waals surface area contributed by atoms with E-state index in [-0.39, 0.29) is 24.4 Å². The summed E-state index contributed by atoms with van der Waals surface area (Å²) < 4.78 is 42.1. The molecule has 3 atom stereocenters. The maximum Gasteiger partial charge on any atom is 0.410 e. The highest BCUT2D eigenvalue weighted by Gasteiger charge is 2.46. The Hall–Kier alpha value is -2.78. The fourth-order valence-corrected chi connectivity index (χ4v) is 4.38. The van der Waals surface area contributed by atoms with Gasteiger partial charge in [0.25, 0.3) is 5.91 Å². The third-order valence-electron chi connectivity index (χ3n) is 6.09. The zero-order chi connectivity index (χ0) is 22.3. The Labute approximate surface area is 179 Å². The first-order chi connectivity index (χ1) is 14.7. The van der Waals surface area contributed by atoms with Gasteiger partial charge in [0.1, 0.15) is 11.6 Å². The molecule has 10 heteroatoms. The molecule has 0 bridgehead atoms. The van der Waals surface area contributed by atoms with E-state index in [9.17, 15) is 18.0 Å². The number of carbonyl (C=O) groups excluding carboxylic acids is 1. The third kappa shape index (κ3) is 4.07. The summed E-state index contributed by atoms with van der Waals surface area (Å²) in [5, 5.41) is 7.51. The molecule has 0 aliphatic carbocycles. The first-order valence-electron chi connectivity index (χ1n) is 10.6. The predicted molar refractivity (Wildman–Crippen MR) is 111 cm³/mol. The highest BCUT2D eigenvalue weighted by molar-refractivity contribution is 5.95. The van der Waals surface area contributed by atoms with Crippen LogP contribution in [0.15, 0.2) is 24.4 Å². The Morgan fingerprint density at radius 3 is 2.77 bits per heavy atom. The number of rotatable bonds is 4. The number of nitrogens with zero attached hydrogens (tertiary/aromatic N) is 5. The van der Waals surface area contributed by atoms with E-state index >= 15 is 0 Å². The molecule has 7 nitrogen and oxygen atoms in total. The lowest BCUT2D eigenvalue weighted by molar-refractivity contribution is -0.173. The molecule has 2 aliphatic rings. The number of anilines is 2. The molecule has 4 heterocycles. The molecule has 2 aromatic heterocycles. The fraction of sp³-hybridized carbons (Fsp3) is 0.571. The van der Waals surface area contributed by atoms with Gasteiger partial charge in [-0.25, -0.2) is 9.67 Å². The third-order valence-corrected chi connectivity index (χ3v) is 6.09. The van der Waals surface area contributed by atoms with E-state index in [0.29, 0.717) is 42.3 Å². The fourth-order valence-electron chi connectivity index (χ4n) is 4.38. The molecule has 2 aliphatic heterocycles. The Morgan fingerprint density at radius 2 is 2.10 bits per heavy atom. The van der Waals surface area contributed by atoms with Crippen LogP contribution in [0.5, 0.6) is 0 Å². The highest BCUT2D eigenvalue weighted by atomic mass is 19.4. The summed E-state index contributed by atoms with van der Waals surface area (Å²) in [6.07, 6.45) is -0.799. The van der Waals surface area contributed by atoms with E-state index in [1.807, 2.05) is 25.9 Å². The number of carbonyl (C=O) groups is 1. The van der Waals surface area contributed by atoms with Gasteiger partial charge in [-0.15, -0.1) is 0 Å². The molecule has 1 fully saturated rings. The second-order valence-corrected chi connectivity index (χ2v) is 8.40. The van der Waals surface area contributed by atoms with Gasteiger partial charge in [0.15, 0.2) is 6.04 Å². The molecule has 2 aromatic rings.